The monoisotopic (exact) mass is 418 g/mol. The van der Waals surface area contributed by atoms with Crippen molar-refractivity contribution in [3.05, 3.63) is 108 Å². The molecule has 3 atom stereocenters. The Morgan fingerprint density at radius 2 is 1.13 bits per heavy atom. The first-order valence-corrected chi connectivity index (χ1v) is 10.4. The highest BCUT2D eigenvalue weighted by atomic mass is 16.6. The lowest BCUT2D eigenvalue weighted by molar-refractivity contribution is -0.152. The van der Waals surface area contributed by atoms with E-state index < -0.39 is 24.3 Å². The zero-order valence-corrected chi connectivity index (χ0v) is 17.3. The predicted octanol–water partition coefficient (Wildman–Crippen LogP) is 4.30. The van der Waals surface area contributed by atoms with E-state index >= 15 is 0 Å². The van der Waals surface area contributed by atoms with Gasteiger partial charge in [0.25, 0.3) is 0 Å². The quantitative estimate of drug-likeness (QED) is 0.460. The van der Waals surface area contributed by atoms with Gasteiger partial charge in [0.1, 0.15) is 6.10 Å². The van der Waals surface area contributed by atoms with Crippen LogP contribution < -0.4 is 0 Å². The molecule has 4 rings (SSSR count). The molecule has 5 nitrogen and oxygen atoms in total. The summed E-state index contributed by atoms with van der Waals surface area (Å²) in [5, 5.41) is 0. The third-order valence-corrected chi connectivity index (χ3v) is 5.12. The van der Waals surface area contributed by atoms with Crippen LogP contribution in [0.3, 0.4) is 0 Å². The van der Waals surface area contributed by atoms with Gasteiger partial charge in [0.05, 0.1) is 26.4 Å². The molecule has 0 amide bonds. The lowest BCUT2D eigenvalue weighted by atomic mass is 10.1. The van der Waals surface area contributed by atoms with Gasteiger partial charge in [0.15, 0.2) is 12.2 Å². The van der Waals surface area contributed by atoms with Crippen LogP contribution in [0.4, 0.5) is 0 Å². The maximum Gasteiger partial charge on any atom is 0.338 e. The van der Waals surface area contributed by atoms with Gasteiger partial charge in [-0.1, -0.05) is 91.0 Å². The Bertz CT molecular complexity index is 930. The standard InChI is InChI=1S/C26H26O5/c27-26-25(30-18-22-14-8-3-9-15-22)24(29-17-21-12-6-2-7-13-21)23(31-26)19-28-16-20-10-4-1-5-11-20/h1-15,23-25H,16-19H2/t23?,24-,25?/m1/s1. The first-order chi connectivity index (χ1) is 15.3. The van der Waals surface area contributed by atoms with Crippen LogP contribution in [-0.4, -0.2) is 30.9 Å². The summed E-state index contributed by atoms with van der Waals surface area (Å²) in [5.41, 5.74) is 3.07. The van der Waals surface area contributed by atoms with Gasteiger partial charge in [-0.2, -0.15) is 0 Å². The van der Waals surface area contributed by atoms with Crippen LogP contribution in [0, 0.1) is 0 Å². The molecule has 0 aliphatic carbocycles. The zero-order chi connectivity index (χ0) is 21.3. The fourth-order valence-electron chi connectivity index (χ4n) is 3.49. The van der Waals surface area contributed by atoms with E-state index in [1.54, 1.807) is 0 Å². The van der Waals surface area contributed by atoms with Crippen molar-refractivity contribution in [2.24, 2.45) is 0 Å². The SMILES string of the molecule is O=C1OC(COCc2ccccc2)[C@@H](OCc2ccccc2)C1OCc1ccccc1. The molecule has 0 radical (unpaired) electrons. The second-order valence-electron chi connectivity index (χ2n) is 7.45. The van der Waals surface area contributed by atoms with Crippen molar-refractivity contribution in [1.82, 2.24) is 0 Å². The van der Waals surface area contributed by atoms with E-state index in [1.807, 2.05) is 91.0 Å². The molecule has 1 heterocycles. The van der Waals surface area contributed by atoms with Gasteiger partial charge in [-0.3, -0.25) is 0 Å². The topological polar surface area (TPSA) is 54.0 Å². The molecule has 2 unspecified atom stereocenters. The molecule has 31 heavy (non-hydrogen) atoms. The Hall–Kier alpha value is -2.99. The highest BCUT2D eigenvalue weighted by Crippen LogP contribution is 2.25. The summed E-state index contributed by atoms with van der Waals surface area (Å²) in [5.74, 6) is -0.415. The van der Waals surface area contributed by atoms with Gasteiger partial charge < -0.3 is 18.9 Å². The number of hydrogen-bond acceptors (Lipinski definition) is 5. The molecular formula is C26H26O5. The fraction of sp³-hybridized carbons (Fsp3) is 0.269. The first kappa shape index (κ1) is 21.2. The number of ether oxygens (including phenoxy) is 4. The van der Waals surface area contributed by atoms with Crippen LogP contribution in [-0.2, 0) is 43.6 Å². The predicted molar refractivity (Wildman–Crippen MR) is 116 cm³/mol. The van der Waals surface area contributed by atoms with Gasteiger partial charge in [0.2, 0.25) is 0 Å². The highest BCUT2D eigenvalue weighted by Gasteiger charge is 2.46. The molecule has 0 saturated carbocycles. The maximum atomic E-state index is 12.6. The smallest absolute Gasteiger partial charge is 0.338 e. The minimum Gasteiger partial charge on any atom is -0.455 e. The summed E-state index contributed by atoms with van der Waals surface area (Å²) >= 11 is 0. The number of benzene rings is 3. The molecular weight excluding hydrogens is 392 g/mol. The Morgan fingerprint density at radius 3 is 1.68 bits per heavy atom. The van der Waals surface area contributed by atoms with E-state index in [0.29, 0.717) is 19.8 Å². The van der Waals surface area contributed by atoms with Crippen molar-refractivity contribution in [1.29, 1.82) is 0 Å². The van der Waals surface area contributed by atoms with Gasteiger partial charge in [-0.25, -0.2) is 4.79 Å². The minimum atomic E-state index is -0.797. The summed E-state index contributed by atoms with van der Waals surface area (Å²) < 4.78 is 23.5. The van der Waals surface area contributed by atoms with Gasteiger partial charge in [0, 0.05) is 0 Å². The third-order valence-electron chi connectivity index (χ3n) is 5.12. The molecule has 0 bridgehead atoms. The molecule has 1 aliphatic rings. The maximum absolute atomic E-state index is 12.6. The van der Waals surface area contributed by atoms with E-state index in [-0.39, 0.29) is 6.61 Å². The average Bonchev–Trinajstić information content (AvgIpc) is 3.12. The Kier molecular flexibility index (Phi) is 7.45. The second kappa shape index (κ2) is 10.9. The lowest BCUT2D eigenvalue weighted by Crippen LogP contribution is -2.38. The molecule has 3 aromatic rings. The summed E-state index contributed by atoms with van der Waals surface area (Å²) in [6.45, 7) is 1.35. The zero-order valence-electron chi connectivity index (χ0n) is 17.3. The number of carbonyl (C=O) groups excluding carboxylic acids is 1. The molecule has 1 aliphatic heterocycles. The summed E-state index contributed by atoms with van der Waals surface area (Å²) in [6.07, 6.45) is -1.87. The van der Waals surface area contributed by atoms with Crippen LogP contribution in [0.1, 0.15) is 16.7 Å². The van der Waals surface area contributed by atoms with Crippen LogP contribution >= 0.6 is 0 Å². The number of esters is 1. The third kappa shape index (κ3) is 6.01. The van der Waals surface area contributed by atoms with E-state index in [9.17, 15) is 4.79 Å². The number of hydrogen-bond donors (Lipinski definition) is 0. The van der Waals surface area contributed by atoms with E-state index in [2.05, 4.69) is 0 Å². The molecule has 0 N–H and O–H groups in total. The van der Waals surface area contributed by atoms with Crippen molar-refractivity contribution in [3.63, 3.8) is 0 Å². The van der Waals surface area contributed by atoms with Crippen molar-refractivity contribution in [2.75, 3.05) is 6.61 Å². The Morgan fingerprint density at radius 1 is 0.645 bits per heavy atom. The highest BCUT2D eigenvalue weighted by molar-refractivity contribution is 5.78. The van der Waals surface area contributed by atoms with E-state index in [4.69, 9.17) is 18.9 Å². The van der Waals surface area contributed by atoms with Crippen LogP contribution in [0.15, 0.2) is 91.0 Å². The van der Waals surface area contributed by atoms with Crippen molar-refractivity contribution in [2.45, 2.75) is 38.1 Å². The number of carbonyl (C=O) groups is 1. The summed E-state index contributed by atoms with van der Waals surface area (Å²) in [7, 11) is 0. The van der Waals surface area contributed by atoms with Crippen LogP contribution in [0.25, 0.3) is 0 Å². The Balaban J connectivity index is 1.40. The van der Waals surface area contributed by atoms with E-state index in [1.165, 1.54) is 0 Å². The van der Waals surface area contributed by atoms with Crippen molar-refractivity contribution in [3.8, 4) is 0 Å². The van der Waals surface area contributed by atoms with Crippen LogP contribution in [0.5, 0.6) is 0 Å². The second-order valence-corrected chi connectivity index (χ2v) is 7.45. The molecule has 5 heteroatoms. The van der Waals surface area contributed by atoms with Crippen LogP contribution in [0.2, 0.25) is 0 Å². The minimum absolute atomic E-state index is 0.241. The summed E-state index contributed by atoms with van der Waals surface area (Å²) in [4.78, 5) is 12.6. The molecule has 160 valence electrons. The van der Waals surface area contributed by atoms with Gasteiger partial charge in [-0.15, -0.1) is 0 Å². The van der Waals surface area contributed by atoms with Gasteiger partial charge in [-0.05, 0) is 16.7 Å². The molecule has 0 spiro atoms. The number of rotatable bonds is 10. The lowest BCUT2D eigenvalue weighted by Gasteiger charge is -2.22. The number of cyclic esters (lactones) is 1. The largest absolute Gasteiger partial charge is 0.455 e. The van der Waals surface area contributed by atoms with E-state index in [0.717, 1.165) is 16.7 Å². The molecule has 1 fully saturated rings. The van der Waals surface area contributed by atoms with Crippen molar-refractivity contribution >= 4 is 5.97 Å². The average molecular weight is 418 g/mol. The fourth-order valence-corrected chi connectivity index (χ4v) is 3.49. The molecule has 1 saturated heterocycles. The molecule has 0 aromatic heterocycles. The van der Waals surface area contributed by atoms with Crippen molar-refractivity contribution < 1.29 is 23.7 Å². The summed E-state index contributed by atoms with van der Waals surface area (Å²) in [6, 6.07) is 29.5. The normalized spacial score (nSPS) is 20.5. The Labute approximate surface area is 182 Å². The van der Waals surface area contributed by atoms with Gasteiger partial charge >= 0.3 is 5.97 Å². The molecule has 3 aromatic carbocycles. The first-order valence-electron chi connectivity index (χ1n) is 10.4.